The van der Waals surface area contributed by atoms with E-state index in [0.29, 0.717) is 16.4 Å². The number of halogens is 1. The smallest absolute Gasteiger partial charge is 0.269 e. The van der Waals surface area contributed by atoms with Crippen LogP contribution in [0.3, 0.4) is 0 Å². The Kier molecular flexibility index (Phi) is 5.29. The van der Waals surface area contributed by atoms with Crippen molar-refractivity contribution in [1.29, 1.82) is 0 Å². The normalized spacial score (nSPS) is 15.5. The zero-order valence-electron chi connectivity index (χ0n) is 14.4. The van der Waals surface area contributed by atoms with Gasteiger partial charge < -0.3 is 9.80 Å². The predicted molar refractivity (Wildman–Crippen MR) is 104 cm³/mol. The number of nitro groups is 1. The van der Waals surface area contributed by atoms with Gasteiger partial charge in [-0.3, -0.25) is 14.9 Å². The molecule has 0 bridgehead atoms. The molecule has 1 aliphatic rings. The summed E-state index contributed by atoms with van der Waals surface area (Å²) in [5.74, 6) is -0.179. The van der Waals surface area contributed by atoms with E-state index in [1.54, 1.807) is 4.90 Å². The predicted octanol–water partition coefficient (Wildman–Crippen LogP) is 4.35. The molecule has 0 N–H and O–H groups in total. The number of amides is 1. The van der Waals surface area contributed by atoms with Gasteiger partial charge in [0.1, 0.15) is 0 Å². The molecule has 8 heteroatoms. The third-order valence-corrected chi connectivity index (χ3v) is 5.36. The molecule has 0 radical (unpaired) electrons. The molecule has 2 heterocycles. The van der Waals surface area contributed by atoms with E-state index in [1.807, 2.05) is 25.1 Å². The summed E-state index contributed by atoms with van der Waals surface area (Å²) in [5, 5.41) is 10.8. The molecule has 1 aliphatic heterocycles. The first-order valence-corrected chi connectivity index (χ1v) is 9.25. The average Bonchev–Trinajstić information content (AvgIpc) is 2.86. The van der Waals surface area contributed by atoms with Gasteiger partial charge >= 0.3 is 0 Å². The Morgan fingerprint density at radius 1 is 1.35 bits per heavy atom. The molecular formula is C18H18ClN3O3S. The minimum absolute atomic E-state index is 0.0344. The van der Waals surface area contributed by atoms with Crippen LogP contribution in [0.2, 0.25) is 4.34 Å². The number of carbonyl (C=O) groups is 1. The van der Waals surface area contributed by atoms with Gasteiger partial charge in [-0.15, -0.1) is 11.3 Å². The van der Waals surface area contributed by atoms with Crippen LogP contribution in [0.15, 0.2) is 42.1 Å². The molecule has 2 aromatic rings. The zero-order chi connectivity index (χ0) is 18.8. The molecule has 0 saturated carbocycles. The van der Waals surface area contributed by atoms with Crippen molar-refractivity contribution in [3.8, 4) is 0 Å². The Labute approximate surface area is 160 Å². The first kappa shape index (κ1) is 18.4. The number of hydrogen-bond acceptors (Lipinski definition) is 5. The molecule has 26 heavy (non-hydrogen) atoms. The maximum absolute atomic E-state index is 13.0. The van der Waals surface area contributed by atoms with E-state index in [0.717, 1.165) is 23.4 Å². The lowest BCUT2D eigenvalue weighted by atomic mass is 10.1. The van der Waals surface area contributed by atoms with Crippen LogP contribution in [0.1, 0.15) is 21.7 Å². The minimum Gasteiger partial charge on any atom is -0.384 e. The van der Waals surface area contributed by atoms with Crippen molar-refractivity contribution in [2.75, 3.05) is 25.5 Å². The number of hydrogen-bond donors (Lipinski definition) is 0. The van der Waals surface area contributed by atoms with Crippen molar-refractivity contribution < 1.29 is 9.72 Å². The number of rotatable bonds is 3. The van der Waals surface area contributed by atoms with E-state index in [4.69, 9.17) is 11.6 Å². The van der Waals surface area contributed by atoms with Crippen LogP contribution >= 0.6 is 22.9 Å². The summed E-state index contributed by atoms with van der Waals surface area (Å²) in [6.45, 7) is 0.537. The Morgan fingerprint density at radius 2 is 2.04 bits per heavy atom. The number of benzene rings is 1. The molecule has 0 saturated heterocycles. The quantitative estimate of drug-likeness (QED) is 0.576. The SMILES string of the molecule is CN(C)C=C1CCN(C(=O)c2ccc([N+](=O)[O-])cc2)c2cc(Cl)sc2C1. The van der Waals surface area contributed by atoms with Gasteiger partial charge in [0.2, 0.25) is 0 Å². The molecule has 3 rings (SSSR count). The van der Waals surface area contributed by atoms with Crippen molar-refractivity contribution in [3.63, 3.8) is 0 Å². The van der Waals surface area contributed by atoms with E-state index in [9.17, 15) is 14.9 Å². The molecule has 0 aliphatic carbocycles. The highest BCUT2D eigenvalue weighted by molar-refractivity contribution is 7.16. The lowest BCUT2D eigenvalue weighted by Gasteiger charge is -2.21. The van der Waals surface area contributed by atoms with Crippen LogP contribution in [0.25, 0.3) is 0 Å². The fourth-order valence-electron chi connectivity index (χ4n) is 2.98. The lowest BCUT2D eigenvalue weighted by Crippen LogP contribution is -2.31. The highest BCUT2D eigenvalue weighted by Crippen LogP contribution is 2.38. The largest absolute Gasteiger partial charge is 0.384 e. The molecule has 0 atom stereocenters. The van der Waals surface area contributed by atoms with Gasteiger partial charge in [-0.25, -0.2) is 0 Å². The minimum atomic E-state index is -0.477. The molecule has 1 aromatic heterocycles. The van der Waals surface area contributed by atoms with Gasteiger partial charge in [-0.1, -0.05) is 11.6 Å². The first-order valence-electron chi connectivity index (χ1n) is 8.05. The van der Waals surface area contributed by atoms with Crippen molar-refractivity contribution in [1.82, 2.24) is 4.90 Å². The molecule has 136 valence electrons. The van der Waals surface area contributed by atoms with Gasteiger partial charge in [0.05, 0.1) is 14.9 Å². The van der Waals surface area contributed by atoms with Crippen LogP contribution in [0, 0.1) is 10.1 Å². The Morgan fingerprint density at radius 3 is 2.65 bits per heavy atom. The van der Waals surface area contributed by atoms with E-state index >= 15 is 0 Å². The summed E-state index contributed by atoms with van der Waals surface area (Å²) >= 11 is 7.68. The summed E-state index contributed by atoms with van der Waals surface area (Å²) in [6.07, 6.45) is 3.60. The number of non-ortho nitro benzene ring substituents is 1. The third-order valence-electron chi connectivity index (χ3n) is 4.10. The molecule has 1 aromatic carbocycles. The van der Waals surface area contributed by atoms with Gasteiger partial charge in [0.25, 0.3) is 11.6 Å². The fraction of sp³-hybridized carbons (Fsp3) is 0.278. The first-order chi connectivity index (χ1) is 12.3. The second-order valence-corrected chi connectivity index (χ2v) is 8.07. The second-order valence-electron chi connectivity index (χ2n) is 6.30. The summed E-state index contributed by atoms with van der Waals surface area (Å²) < 4.78 is 0.641. The number of carbonyl (C=O) groups excluding carboxylic acids is 1. The monoisotopic (exact) mass is 391 g/mol. The molecule has 0 unspecified atom stereocenters. The second kappa shape index (κ2) is 7.47. The fourth-order valence-corrected chi connectivity index (χ4v) is 4.30. The van der Waals surface area contributed by atoms with E-state index in [2.05, 4.69) is 6.20 Å². The van der Waals surface area contributed by atoms with Gasteiger partial charge in [-0.05, 0) is 36.4 Å². The molecule has 6 nitrogen and oxygen atoms in total. The van der Waals surface area contributed by atoms with Gasteiger partial charge in [-0.2, -0.15) is 0 Å². The highest BCUT2D eigenvalue weighted by Gasteiger charge is 2.26. The molecular weight excluding hydrogens is 374 g/mol. The van der Waals surface area contributed by atoms with Crippen molar-refractivity contribution >= 4 is 40.2 Å². The summed E-state index contributed by atoms with van der Waals surface area (Å²) in [4.78, 5) is 28.1. The highest BCUT2D eigenvalue weighted by atomic mass is 35.5. The van der Waals surface area contributed by atoms with E-state index in [1.165, 1.54) is 41.2 Å². The number of nitrogens with zero attached hydrogens (tertiary/aromatic N) is 3. The standard InChI is InChI=1S/C18H18ClN3O3S/c1-20(2)11-12-7-8-21(15-10-17(19)26-16(15)9-12)18(23)13-3-5-14(6-4-13)22(24)25/h3-6,10-11H,7-9H2,1-2H3. The third kappa shape index (κ3) is 3.89. The van der Waals surface area contributed by atoms with Crippen LogP contribution in [-0.2, 0) is 6.42 Å². The van der Waals surface area contributed by atoms with Crippen molar-refractivity contribution in [2.45, 2.75) is 12.8 Å². The molecule has 0 fully saturated rings. The van der Waals surface area contributed by atoms with Gasteiger partial charge in [0, 0.05) is 49.6 Å². The Bertz CT molecular complexity index is 874. The summed E-state index contributed by atoms with van der Waals surface area (Å²) in [7, 11) is 3.94. The summed E-state index contributed by atoms with van der Waals surface area (Å²) in [6, 6.07) is 7.52. The topological polar surface area (TPSA) is 66.7 Å². The lowest BCUT2D eigenvalue weighted by molar-refractivity contribution is -0.384. The molecule has 1 amide bonds. The Hall–Kier alpha value is -2.38. The Balaban J connectivity index is 1.94. The van der Waals surface area contributed by atoms with Crippen LogP contribution in [-0.4, -0.2) is 36.4 Å². The molecule has 0 spiro atoms. The van der Waals surface area contributed by atoms with E-state index < -0.39 is 4.92 Å². The number of fused-ring (bicyclic) bond motifs is 1. The van der Waals surface area contributed by atoms with Gasteiger partial charge in [0.15, 0.2) is 0 Å². The number of nitro benzene ring substituents is 1. The maximum atomic E-state index is 13.0. The zero-order valence-corrected chi connectivity index (χ0v) is 16.0. The maximum Gasteiger partial charge on any atom is 0.269 e. The average molecular weight is 392 g/mol. The number of thiophene rings is 1. The van der Waals surface area contributed by atoms with Crippen LogP contribution in [0.5, 0.6) is 0 Å². The number of anilines is 1. The van der Waals surface area contributed by atoms with E-state index in [-0.39, 0.29) is 11.6 Å². The summed E-state index contributed by atoms with van der Waals surface area (Å²) in [5.41, 5.74) is 2.44. The van der Waals surface area contributed by atoms with Crippen molar-refractivity contribution in [2.24, 2.45) is 0 Å². The van der Waals surface area contributed by atoms with Crippen LogP contribution in [0.4, 0.5) is 11.4 Å². The van der Waals surface area contributed by atoms with Crippen molar-refractivity contribution in [3.05, 3.63) is 67.0 Å². The van der Waals surface area contributed by atoms with Crippen LogP contribution < -0.4 is 4.90 Å².